The normalized spacial score (nSPS) is 17.3. The van der Waals surface area contributed by atoms with Crippen LogP contribution in [0.15, 0.2) is 27.4 Å². The molecule has 1 aliphatic carbocycles. The summed E-state index contributed by atoms with van der Waals surface area (Å²) in [6, 6.07) is 5.39. The van der Waals surface area contributed by atoms with Gasteiger partial charge in [0, 0.05) is 34.9 Å². The van der Waals surface area contributed by atoms with Gasteiger partial charge in [0.25, 0.3) is 0 Å². The van der Waals surface area contributed by atoms with Crippen LogP contribution in [0.2, 0.25) is 5.02 Å². The zero-order valence-corrected chi connectivity index (χ0v) is 16.2. The van der Waals surface area contributed by atoms with E-state index in [4.69, 9.17) is 16.0 Å². The Bertz CT molecular complexity index is 807. The summed E-state index contributed by atoms with van der Waals surface area (Å²) >= 11 is 6.29. The summed E-state index contributed by atoms with van der Waals surface area (Å²) in [7, 11) is 4.54. The lowest BCUT2D eigenvalue weighted by Crippen LogP contribution is -3.19. The lowest BCUT2D eigenvalue weighted by molar-refractivity contribution is -0.935. The maximum atomic E-state index is 11.9. The molecule has 136 valence electrons. The first-order valence-electron chi connectivity index (χ1n) is 9.26. The van der Waals surface area contributed by atoms with Gasteiger partial charge in [-0.15, -0.1) is 0 Å². The molecule has 0 amide bonds. The highest BCUT2D eigenvalue weighted by Gasteiger charge is 2.39. The standard InChI is InChI=1S/C20H27ClN2O2/c1-14-9-18-16(11-17(14)21)15(10-19(24)25-18)12-22-13-20(23(2)3)7-5-4-6-8-20/h9-11,22H,4-8,12-13H2,1-3H3/p+2. The molecule has 4 nitrogen and oxygen atoms in total. The number of fused-ring (bicyclic) bond motifs is 1. The molecule has 1 aliphatic rings. The lowest BCUT2D eigenvalue weighted by atomic mass is 9.80. The Morgan fingerprint density at radius 2 is 1.92 bits per heavy atom. The van der Waals surface area contributed by atoms with Gasteiger partial charge >= 0.3 is 5.63 Å². The Morgan fingerprint density at radius 3 is 2.60 bits per heavy atom. The first-order chi connectivity index (χ1) is 11.9. The molecule has 5 heteroatoms. The molecular formula is C20H29ClN2O2+2. The van der Waals surface area contributed by atoms with Crippen molar-refractivity contribution < 1.29 is 14.6 Å². The van der Waals surface area contributed by atoms with Crippen molar-refractivity contribution in [1.29, 1.82) is 0 Å². The summed E-state index contributed by atoms with van der Waals surface area (Å²) < 4.78 is 5.36. The fourth-order valence-corrected chi connectivity index (χ4v) is 4.32. The molecule has 3 rings (SSSR count). The summed E-state index contributed by atoms with van der Waals surface area (Å²) in [5.74, 6) is 0. The van der Waals surface area contributed by atoms with E-state index in [0.29, 0.717) is 16.1 Å². The van der Waals surface area contributed by atoms with Crippen LogP contribution in [-0.4, -0.2) is 26.2 Å². The second-order valence-corrected chi connectivity index (χ2v) is 8.13. The van der Waals surface area contributed by atoms with Crippen molar-refractivity contribution in [3.63, 3.8) is 0 Å². The number of likely N-dealkylation sites (N-methyl/N-ethyl adjacent to an activating group) is 1. The van der Waals surface area contributed by atoms with Crippen molar-refractivity contribution >= 4 is 22.6 Å². The van der Waals surface area contributed by atoms with Gasteiger partial charge in [-0.2, -0.15) is 0 Å². The monoisotopic (exact) mass is 364 g/mol. The minimum Gasteiger partial charge on any atom is -0.423 e. The van der Waals surface area contributed by atoms with Gasteiger partial charge in [0.05, 0.1) is 14.1 Å². The highest BCUT2D eigenvalue weighted by Crippen LogP contribution is 2.26. The SMILES string of the molecule is Cc1cc2oc(=O)cc(C[NH2+]CC3([NH+](C)C)CCCCC3)c2cc1Cl. The number of quaternary nitrogens is 2. The van der Waals surface area contributed by atoms with E-state index in [9.17, 15) is 4.79 Å². The molecule has 1 saturated carbocycles. The number of hydrogen-bond donors (Lipinski definition) is 2. The third-order valence-corrected chi connectivity index (χ3v) is 6.29. The second kappa shape index (κ2) is 7.48. The molecule has 1 heterocycles. The molecule has 0 spiro atoms. The topological polar surface area (TPSA) is 51.3 Å². The summed E-state index contributed by atoms with van der Waals surface area (Å²) in [6.45, 7) is 3.78. The molecule has 1 fully saturated rings. The molecule has 2 aromatic rings. The molecule has 0 aliphatic heterocycles. The average Bonchev–Trinajstić information content (AvgIpc) is 2.57. The Morgan fingerprint density at radius 1 is 1.20 bits per heavy atom. The van der Waals surface area contributed by atoms with Crippen LogP contribution in [0.1, 0.15) is 43.2 Å². The zero-order valence-electron chi connectivity index (χ0n) is 15.5. The number of nitrogens with one attached hydrogen (secondary N) is 1. The predicted octanol–water partition coefficient (Wildman–Crippen LogP) is 1.67. The molecule has 1 aromatic heterocycles. The van der Waals surface area contributed by atoms with E-state index in [2.05, 4.69) is 19.4 Å². The Hall–Kier alpha value is -1.36. The Kier molecular flexibility index (Phi) is 5.52. The van der Waals surface area contributed by atoms with E-state index < -0.39 is 0 Å². The van der Waals surface area contributed by atoms with E-state index in [1.54, 1.807) is 11.0 Å². The number of halogens is 1. The molecule has 0 saturated heterocycles. The smallest absolute Gasteiger partial charge is 0.336 e. The van der Waals surface area contributed by atoms with Gasteiger partial charge in [-0.05, 0) is 37.5 Å². The average molecular weight is 365 g/mol. The quantitative estimate of drug-likeness (QED) is 0.793. The molecule has 0 radical (unpaired) electrons. The molecule has 25 heavy (non-hydrogen) atoms. The van der Waals surface area contributed by atoms with Crippen molar-refractivity contribution in [2.24, 2.45) is 0 Å². The lowest BCUT2D eigenvalue weighted by Gasteiger charge is -2.38. The van der Waals surface area contributed by atoms with E-state index in [-0.39, 0.29) is 5.63 Å². The van der Waals surface area contributed by atoms with Crippen LogP contribution in [0.3, 0.4) is 0 Å². The Balaban J connectivity index is 1.81. The van der Waals surface area contributed by atoms with E-state index >= 15 is 0 Å². The van der Waals surface area contributed by atoms with Crippen LogP contribution in [-0.2, 0) is 6.54 Å². The van der Waals surface area contributed by atoms with Gasteiger partial charge in [0.2, 0.25) is 0 Å². The van der Waals surface area contributed by atoms with Crippen molar-refractivity contribution in [2.45, 2.75) is 51.1 Å². The van der Waals surface area contributed by atoms with E-state index in [1.165, 1.54) is 32.1 Å². The van der Waals surface area contributed by atoms with Gasteiger partial charge in [0.15, 0.2) is 0 Å². The van der Waals surface area contributed by atoms with Crippen LogP contribution < -0.4 is 15.8 Å². The van der Waals surface area contributed by atoms with E-state index in [0.717, 1.165) is 29.6 Å². The number of aryl methyl sites for hydroxylation is 1. The molecule has 0 bridgehead atoms. The minimum absolute atomic E-state index is 0.289. The number of benzene rings is 1. The second-order valence-electron chi connectivity index (χ2n) is 7.73. The predicted molar refractivity (Wildman–Crippen MR) is 101 cm³/mol. The Labute approximate surface area is 154 Å². The maximum absolute atomic E-state index is 11.9. The molecule has 3 N–H and O–H groups in total. The summed E-state index contributed by atoms with van der Waals surface area (Å²) in [5, 5.41) is 4.01. The first-order valence-corrected chi connectivity index (χ1v) is 9.64. The van der Waals surface area contributed by atoms with Gasteiger partial charge in [0.1, 0.15) is 24.2 Å². The molecule has 0 atom stereocenters. The third-order valence-electron chi connectivity index (χ3n) is 5.88. The molecule has 1 aromatic carbocycles. The zero-order chi connectivity index (χ0) is 18.0. The third kappa shape index (κ3) is 3.91. The van der Waals surface area contributed by atoms with Crippen molar-refractivity contribution in [3.05, 3.63) is 44.8 Å². The van der Waals surface area contributed by atoms with Crippen LogP contribution in [0.25, 0.3) is 11.0 Å². The number of nitrogens with two attached hydrogens (primary N) is 1. The van der Waals surface area contributed by atoms with E-state index in [1.807, 2.05) is 19.1 Å². The fraction of sp³-hybridized carbons (Fsp3) is 0.550. The summed E-state index contributed by atoms with van der Waals surface area (Å²) in [5.41, 5.74) is 2.62. The molecule has 0 unspecified atom stereocenters. The van der Waals surface area contributed by atoms with Crippen LogP contribution in [0, 0.1) is 6.92 Å². The summed E-state index contributed by atoms with van der Waals surface area (Å²) in [4.78, 5) is 13.5. The van der Waals surface area contributed by atoms with Crippen molar-refractivity contribution in [2.75, 3.05) is 20.6 Å². The van der Waals surface area contributed by atoms with Crippen LogP contribution >= 0.6 is 11.6 Å². The van der Waals surface area contributed by atoms with Gasteiger partial charge < -0.3 is 14.6 Å². The summed E-state index contributed by atoms with van der Waals surface area (Å²) in [6.07, 6.45) is 6.58. The maximum Gasteiger partial charge on any atom is 0.336 e. The number of rotatable bonds is 5. The van der Waals surface area contributed by atoms with Gasteiger partial charge in [-0.3, -0.25) is 0 Å². The minimum atomic E-state index is -0.289. The largest absolute Gasteiger partial charge is 0.423 e. The first kappa shape index (κ1) is 18.4. The van der Waals surface area contributed by atoms with Crippen molar-refractivity contribution in [3.8, 4) is 0 Å². The van der Waals surface area contributed by atoms with Crippen LogP contribution in [0.5, 0.6) is 0 Å². The van der Waals surface area contributed by atoms with Gasteiger partial charge in [-0.1, -0.05) is 18.0 Å². The molecular weight excluding hydrogens is 336 g/mol. The van der Waals surface area contributed by atoms with Crippen molar-refractivity contribution in [1.82, 2.24) is 0 Å². The highest BCUT2D eigenvalue weighted by molar-refractivity contribution is 6.32. The fourth-order valence-electron chi connectivity index (χ4n) is 4.16. The number of hydrogen-bond acceptors (Lipinski definition) is 2. The highest BCUT2D eigenvalue weighted by atomic mass is 35.5. The van der Waals surface area contributed by atoms with Crippen LogP contribution in [0.4, 0.5) is 0 Å². The van der Waals surface area contributed by atoms with Gasteiger partial charge in [-0.25, -0.2) is 4.79 Å².